The summed E-state index contributed by atoms with van der Waals surface area (Å²) >= 11 is 8.22. The van der Waals surface area contributed by atoms with Crippen molar-refractivity contribution < 1.29 is 14.1 Å². The fraction of sp³-hybridized carbons (Fsp3) is 0. The highest BCUT2D eigenvalue weighted by Crippen LogP contribution is 2.21. The Hall–Kier alpha value is -2.39. The number of nitrogens with one attached hydrogen (secondary N) is 2. The number of thiocarbonyl (C=S) groups is 1. The highest BCUT2D eigenvalue weighted by molar-refractivity contribution is 9.10. The van der Waals surface area contributed by atoms with Crippen LogP contribution < -0.4 is 10.6 Å². The van der Waals surface area contributed by atoms with Gasteiger partial charge in [-0.2, -0.15) is 4.39 Å². The molecule has 2 N–H and O–H groups in total. The summed E-state index contributed by atoms with van der Waals surface area (Å²) in [7, 11) is 0. The summed E-state index contributed by atoms with van der Waals surface area (Å²) in [6, 6.07) is 9.89. The van der Waals surface area contributed by atoms with E-state index in [0.717, 1.165) is 16.6 Å². The standard InChI is InChI=1S/C14H9BrFN3O3S/c15-9-3-1-2-8(6-9)13(20)18-14(23)17-10-4-5-11(16)12(7-10)19(21)22/h1-7H,(H2,17,18,20,23). The van der Waals surface area contributed by atoms with Crippen LogP contribution in [0, 0.1) is 15.9 Å². The molecule has 0 radical (unpaired) electrons. The number of rotatable bonds is 3. The van der Waals surface area contributed by atoms with Crippen molar-refractivity contribution in [1.82, 2.24) is 5.32 Å². The molecule has 0 fully saturated rings. The lowest BCUT2D eigenvalue weighted by molar-refractivity contribution is -0.387. The first-order valence-electron chi connectivity index (χ1n) is 6.18. The Morgan fingerprint density at radius 3 is 2.65 bits per heavy atom. The Morgan fingerprint density at radius 1 is 1.26 bits per heavy atom. The Kier molecular flexibility index (Phi) is 5.35. The van der Waals surface area contributed by atoms with Crippen LogP contribution in [0.25, 0.3) is 0 Å². The molecule has 2 rings (SSSR count). The molecule has 0 aliphatic carbocycles. The summed E-state index contributed by atoms with van der Waals surface area (Å²) in [5, 5.41) is 15.7. The second-order valence-electron chi connectivity index (χ2n) is 4.34. The number of carbonyl (C=O) groups is 1. The van der Waals surface area contributed by atoms with Gasteiger partial charge in [0, 0.05) is 21.8 Å². The number of hydrogen-bond donors (Lipinski definition) is 2. The van der Waals surface area contributed by atoms with Gasteiger partial charge in [0.2, 0.25) is 5.82 Å². The highest BCUT2D eigenvalue weighted by atomic mass is 79.9. The summed E-state index contributed by atoms with van der Waals surface area (Å²) in [5.74, 6) is -1.40. The smallest absolute Gasteiger partial charge is 0.306 e. The van der Waals surface area contributed by atoms with Crippen molar-refractivity contribution in [2.24, 2.45) is 0 Å². The molecule has 0 unspecified atom stereocenters. The number of halogens is 2. The molecule has 0 bridgehead atoms. The molecule has 0 heterocycles. The molecule has 118 valence electrons. The predicted molar refractivity (Wildman–Crippen MR) is 90.9 cm³/mol. The number of hydrogen-bond acceptors (Lipinski definition) is 4. The van der Waals surface area contributed by atoms with Crippen LogP contribution in [0.5, 0.6) is 0 Å². The van der Waals surface area contributed by atoms with Gasteiger partial charge in [0.25, 0.3) is 5.91 Å². The van der Waals surface area contributed by atoms with Crippen LogP contribution in [0.2, 0.25) is 0 Å². The third-order valence-electron chi connectivity index (χ3n) is 2.71. The van der Waals surface area contributed by atoms with Crippen molar-refractivity contribution >= 4 is 50.5 Å². The average Bonchev–Trinajstić information content (AvgIpc) is 2.48. The summed E-state index contributed by atoms with van der Waals surface area (Å²) in [4.78, 5) is 21.8. The zero-order valence-corrected chi connectivity index (χ0v) is 13.8. The fourth-order valence-corrected chi connectivity index (χ4v) is 2.31. The summed E-state index contributed by atoms with van der Waals surface area (Å²) < 4.78 is 14.0. The molecule has 0 spiro atoms. The summed E-state index contributed by atoms with van der Waals surface area (Å²) in [5.41, 5.74) is -0.109. The minimum absolute atomic E-state index is 0.0594. The normalized spacial score (nSPS) is 10.0. The Bertz CT molecular complexity index is 801. The monoisotopic (exact) mass is 397 g/mol. The van der Waals surface area contributed by atoms with E-state index in [9.17, 15) is 19.3 Å². The Balaban J connectivity index is 2.06. The maximum absolute atomic E-state index is 13.3. The summed E-state index contributed by atoms with van der Waals surface area (Å²) in [6.45, 7) is 0. The molecule has 0 aliphatic heterocycles. The zero-order chi connectivity index (χ0) is 17.0. The van der Waals surface area contributed by atoms with Gasteiger partial charge >= 0.3 is 5.69 Å². The molecule has 0 saturated heterocycles. The number of nitro benzene ring substituents is 1. The second-order valence-corrected chi connectivity index (χ2v) is 5.67. The third-order valence-corrected chi connectivity index (χ3v) is 3.41. The van der Waals surface area contributed by atoms with E-state index in [1.54, 1.807) is 24.3 Å². The molecular formula is C14H9BrFN3O3S. The molecule has 0 atom stereocenters. The van der Waals surface area contributed by atoms with Gasteiger partial charge in [-0.25, -0.2) is 0 Å². The van der Waals surface area contributed by atoms with E-state index in [2.05, 4.69) is 26.6 Å². The van der Waals surface area contributed by atoms with Gasteiger partial charge in [-0.1, -0.05) is 22.0 Å². The van der Waals surface area contributed by atoms with Gasteiger partial charge in [-0.15, -0.1) is 0 Å². The predicted octanol–water partition coefficient (Wildman–Crippen LogP) is 3.62. The first kappa shape index (κ1) is 17.0. The maximum Gasteiger partial charge on any atom is 0.306 e. The number of carbonyl (C=O) groups excluding carboxylic acids is 1. The van der Waals surface area contributed by atoms with E-state index in [1.165, 1.54) is 6.07 Å². The van der Waals surface area contributed by atoms with Crippen LogP contribution in [-0.4, -0.2) is 15.9 Å². The SMILES string of the molecule is O=C(NC(=S)Nc1ccc(F)c([N+](=O)[O-])c1)c1cccc(Br)c1. The topological polar surface area (TPSA) is 84.3 Å². The summed E-state index contributed by atoms with van der Waals surface area (Å²) in [6.07, 6.45) is 0. The molecule has 1 amide bonds. The molecule has 0 aromatic heterocycles. The van der Waals surface area contributed by atoms with Crippen LogP contribution in [0.15, 0.2) is 46.9 Å². The van der Waals surface area contributed by atoms with E-state index in [-0.39, 0.29) is 10.8 Å². The minimum Gasteiger partial charge on any atom is -0.332 e. The number of nitrogens with zero attached hydrogens (tertiary/aromatic N) is 1. The first-order chi connectivity index (χ1) is 10.9. The number of amides is 1. The van der Waals surface area contributed by atoms with Crippen LogP contribution >= 0.6 is 28.1 Å². The van der Waals surface area contributed by atoms with E-state index in [4.69, 9.17) is 12.2 Å². The van der Waals surface area contributed by atoms with Gasteiger partial charge in [-0.05, 0) is 42.5 Å². The molecule has 6 nitrogen and oxygen atoms in total. The Labute approximate surface area is 144 Å². The molecule has 9 heteroatoms. The quantitative estimate of drug-likeness (QED) is 0.469. The van der Waals surface area contributed by atoms with Gasteiger partial charge in [-0.3, -0.25) is 20.2 Å². The van der Waals surface area contributed by atoms with Crippen molar-refractivity contribution in [2.75, 3.05) is 5.32 Å². The third kappa shape index (κ3) is 4.54. The average molecular weight is 398 g/mol. The number of nitro groups is 1. The van der Waals surface area contributed by atoms with Crippen molar-refractivity contribution in [1.29, 1.82) is 0 Å². The Morgan fingerprint density at radius 2 is 2.00 bits per heavy atom. The van der Waals surface area contributed by atoms with Crippen LogP contribution in [0.4, 0.5) is 15.8 Å². The van der Waals surface area contributed by atoms with E-state index in [0.29, 0.717) is 5.56 Å². The van der Waals surface area contributed by atoms with Crippen LogP contribution in [0.1, 0.15) is 10.4 Å². The van der Waals surface area contributed by atoms with Crippen molar-refractivity contribution in [3.8, 4) is 0 Å². The first-order valence-corrected chi connectivity index (χ1v) is 7.39. The van der Waals surface area contributed by atoms with Gasteiger partial charge in [0.1, 0.15) is 0 Å². The molecule has 0 saturated carbocycles. The second kappa shape index (κ2) is 7.25. The molecule has 23 heavy (non-hydrogen) atoms. The molecular weight excluding hydrogens is 389 g/mol. The minimum atomic E-state index is -0.954. The van der Waals surface area contributed by atoms with Crippen LogP contribution in [0.3, 0.4) is 0 Å². The maximum atomic E-state index is 13.3. The fourth-order valence-electron chi connectivity index (χ4n) is 1.70. The van der Waals surface area contributed by atoms with Gasteiger partial charge in [0.15, 0.2) is 5.11 Å². The van der Waals surface area contributed by atoms with Crippen molar-refractivity contribution in [3.63, 3.8) is 0 Å². The lowest BCUT2D eigenvalue weighted by atomic mass is 10.2. The zero-order valence-electron chi connectivity index (χ0n) is 11.4. The van der Waals surface area contributed by atoms with Crippen LogP contribution in [-0.2, 0) is 0 Å². The highest BCUT2D eigenvalue weighted by Gasteiger charge is 2.15. The lowest BCUT2D eigenvalue weighted by Gasteiger charge is -2.09. The molecule has 2 aromatic rings. The van der Waals surface area contributed by atoms with Crippen molar-refractivity contribution in [2.45, 2.75) is 0 Å². The van der Waals surface area contributed by atoms with E-state index >= 15 is 0 Å². The van der Waals surface area contributed by atoms with Gasteiger partial charge in [0.05, 0.1) is 4.92 Å². The van der Waals surface area contributed by atoms with E-state index < -0.39 is 22.3 Å². The lowest BCUT2D eigenvalue weighted by Crippen LogP contribution is -2.34. The largest absolute Gasteiger partial charge is 0.332 e. The van der Waals surface area contributed by atoms with Crippen molar-refractivity contribution in [3.05, 3.63) is 68.4 Å². The number of benzene rings is 2. The molecule has 2 aromatic carbocycles. The number of anilines is 1. The van der Waals surface area contributed by atoms with E-state index in [1.807, 2.05) is 0 Å². The molecule has 0 aliphatic rings. The van der Waals surface area contributed by atoms with Gasteiger partial charge < -0.3 is 5.32 Å².